The van der Waals surface area contributed by atoms with Crippen molar-refractivity contribution in [3.8, 4) is 5.75 Å². The van der Waals surface area contributed by atoms with E-state index in [1.165, 1.54) is 17.0 Å². The molecular formula is C17H19FN2O2. The molecule has 1 N–H and O–H groups in total. The molecule has 0 bridgehead atoms. The Bertz CT molecular complexity index is 673. The van der Waals surface area contributed by atoms with Crippen LogP contribution in [0.15, 0.2) is 48.2 Å². The predicted octanol–water partition coefficient (Wildman–Crippen LogP) is 3.70. The zero-order valence-corrected chi connectivity index (χ0v) is 12.9. The lowest BCUT2D eigenvalue weighted by Gasteiger charge is -2.29. The van der Waals surface area contributed by atoms with Crippen LogP contribution >= 0.6 is 0 Å². The van der Waals surface area contributed by atoms with Gasteiger partial charge in [-0.05, 0) is 32.1 Å². The number of carbonyl (C=O) groups is 1. The van der Waals surface area contributed by atoms with Gasteiger partial charge < -0.3 is 10.1 Å². The van der Waals surface area contributed by atoms with Crippen LogP contribution in [0.1, 0.15) is 24.2 Å². The number of halogens is 1. The van der Waals surface area contributed by atoms with Crippen LogP contribution in [-0.4, -0.2) is 24.6 Å². The Morgan fingerprint density at radius 3 is 2.73 bits per heavy atom. The van der Waals surface area contributed by atoms with E-state index in [0.29, 0.717) is 17.1 Å². The Labute approximate surface area is 129 Å². The first-order valence-electron chi connectivity index (χ1n) is 6.91. The predicted molar refractivity (Wildman–Crippen MR) is 85.3 cm³/mol. The highest BCUT2D eigenvalue weighted by molar-refractivity contribution is 5.99. The van der Waals surface area contributed by atoms with Crippen LogP contribution in [0.25, 0.3) is 0 Å². The summed E-state index contributed by atoms with van der Waals surface area (Å²) in [6, 6.07) is 2.69. The first-order valence-corrected chi connectivity index (χ1v) is 6.91. The zero-order valence-electron chi connectivity index (χ0n) is 12.9. The van der Waals surface area contributed by atoms with Gasteiger partial charge in [0.05, 0.1) is 11.3 Å². The first kappa shape index (κ1) is 15.8. The topological polar surface area (TPSA) is 41.6 Å². The SMILES string of the molecule is C=C/C(=C\C=C(C)C)N1COc2cc(NC)c(F)cc2C1=O. The molecule has 0 fully saturated rings. The van der Waals surface area contributed by atoms with Crippen LogP contribution < -0.4 is 10.1 Å². The minimum Gasteiger partial charge on any atom is -0.472 e. The Kier molecular flexibility index (Phi) is 4.65. The minimum atomic E-state index is -0.492. The molecule has 0 unspecified atom stereocenters. The lowest BCUT2D eigenvalue weighted by atomic mass is 10.1. The van der Waals surface area contributed by atoms with E-state index < -0.39 is 5.82 Å². The highest BCUT2D eigenvalue weighted by Crippen LogP contribution is 2.31. The molecule has 4 nitrogen and oxygen atoms in total. The summed E-state index contributed by atoms with van der Waals surface area (Å²) in [6.45, 7) is 7.69. The van der Waals surface area contributed by atoms with Gasteiger partial charge in [-0.15, -0.1) is 0 Å². The molecule has 0 aliphatic carbocycles. The van der Waals surface area contributed by atoms with E-state index >= 15 is 0 Å². The Morgan fingerprint density at radius 1 is 1.41 bits per heavy atom. The summed E-state index contributed by atoms with van der Waals surface area (Å²) in [5.41, 5.74) is 2.20. The maximum Gasteiger partial charge on any atom is 0.264 e. The Hall–Kier alpha value is -2.56. The molecule has 0 spiro atoms. The summed E-state index contributed by atoms with van der Waals surface area (Å²) in [5, 5.41) is 2.72. The summed E-state index contributed by atoms with van der Waals surface area (Å²) < 4.78 is 19.5. The summed E-state index contributed by atoms with van der Waals surface area (Å²) in [5.74, 6) is -0.429. The number of anilines is 1. The van der Waals surface area contributed by atoms with E-state index in [1.54, 1.807) is 19.2 Å². The highest BCUT2D eigenvalue weighted by atomic mass is 19.1. The van der Waals surface area contributed by atoms with Gasteiger partial charge in [-0.2, -0.15) is 0 Å². The van der Waals surface area contributed by atoms with Crippen molar-refractivity contribution in [3.05, 3.63) is 59.6 Å². The number of ether oxygens (including phenoxy) is 1. The Balaban J connectivity index is 2.40. The third kappa shape index (κ3) is 3.03. The van der Waals surface area contributed by atoms with Crippen molar-refractivity contribution in [2.75, 3.05) is 19.1 Å². The Morgan fingerprint density at radius 2 is 2.14 bits per heavy atom. The number of amides is 1. The molecule has 5 heteroatoms. The van der Waals surface area contributed by atoms with Gasteiger partial charge in [0.2, 0.25) is 0 Å². The summed E-state index contributed by atoms with van der Waals surface area (Å²) >= 11 is 0. The third-order valence-corrected chi connectivity index (χ3v) is 3.27. The second kappa shape index (κ2) is 6.47. The van der Waals surface area contributed by atoms with Crippen molar-refractivity contribution >= 4 is 11.6 Å². The average molecular weight is 302 g/mol. The fraction of sp³-hybridized carbons (Fsp3) is 0.235. The van der Waals surface area contributed by atoms with Crippen molar-refractivity contribution < 1.29 is 13.9 Å². The number of carbonyl (C=O) groups excluding carboxylic acids is 1. The molecule has 22 heavy (non-hydrogen) atoms. The summed E-state index contributed by atoms with van der Waals surface area (Å²) in [7, 11) is 1.61. The van der Waals surface area contributed by atoms with Crippen molar-refractivity contribution in [1.82, 2.24) is 4.90 Å². The summed E-state index contributed by atoms with van der Waals surface area (Å²) in [4.78, 5) is 14.0. The molecule has 116 valence electrons. The number of nitrogens with one attached hydrogen (secondary N) is 1. The van der Waals surface area contributed by atoms with Crippen molar-refractivity contribution in [1.29, 1.82) is 0 Å². The largest absolute Gasteiger partial charge is 0.472 e. The fourth-order valence-electron chi connectivity index (χ4n) is 2.08. The molecule has 1 amide bonds. The minimum absolute atomic E-state index is 0.0646. The van der Waals surface area contributed by atoms with Crippen molar-refractivity contribution in [2.24, 2.45) is 0 Å². The van der Waals surface area contributed by atoms with E-state index in [4.69, 9.17) is 4.74 Å². The first-order chi connectivity index (χ1) is 10.5. The fourth-order valence-corrected chi connectivity index (χ4v) is 2.08. The van der Waals surface area contributed by atoms with Gasteiger partial charge in [-0.1, -0.05) is 18.2 Å². The van der Waals surface area contributed by atoms with Gasteiger partial charge in [-0.25, -0.2) is 4.39 Å². The van der Waals surface area contributed by atoms with E-state index in [1.807, 2.05) is 19.9 Å². The van der Waals surface area contributed by atoms with Crippen LogP contribution in [0.2, 0.25) is 0 Å². The molecule has 0 radical (unpaired) electrons. The third-order valence-electron chi connectivity index (χ3n) is 3.27. The van der Waals surface area contributed by atoms with E-state index in [-0.39, 0.29) is 18.2 Å². The smallest absolute Gasteiger partial charge is 0.264 e. The van der Waals surface area contributed by atoms with Gasteiger partial charge in [0.1, 0.15) is 11.6 Å². The maximum absolute atomic E-state index is 13.9. The lowest BCUT2D eigenvalue weighted by Crippen LogP contribution is -2.37. The normalized spacial score (nSPS) is 14.1. The van der Waals surface area contributed by atoms with E-state index in [0.717, 1.165) is 5.57 Å². The number of hydrogen-bond acceptors (Lipinski definition) is 3. The average Bonchev–Trinajstić information content (AvgIpc) is 2.49. The maximum atomic E-state index is 13.9. The molecule has 1 aromatic rings. The molecule has 1 aliphatic rings. The number of fused-ring (bicyclic) bond motifs is 1. The van der Waals surface area contributed by atoms with Crippen LogP contribution in [0.3, 0.4) is 0 Å². The van der Waals surface area contributed by atoms with Crippen LogP contribution in [0.5, 0.6) is 5.75 Å². The number of allylic oxidation sites excluding steroid dienone is 4. The standard InChI is InChI=1S/C17H19FN2O2/c1-5-12(7-6-11(2)3)20-10-22-16-9-15(19-4)14(18)8-13(16)17(20)21/h5-9,19H,1,10H2,2-4H3/b12-7+. The number of benzene rings is 1. The van der Waals surface area contributed by atoms with Gasteiger partial charge in [0.15, 0.2) is 6.73 Å². The number of nitrogens with zero attached hydrogens (tertiary/aromatic N) is 1. The zero-order chi connectivity index (χ0) is 16.3. The molecule has 0 saturated carbocycles. The highest BCUT2D eigenvalue weighted by Gasteiger charge is 2.28. The second-order valence-electron chi connectivity index (χ2n) is 5.12. The van der Waals surface area contributed by atoms with Gasteiger partial charge in [0.25, 0.3) is 5.91 Å². The van der Waals surface area contributed by atoms with Crippen LogP contribution in [0, 0.1) is 5.82 Å². The molecule has 1 aliphatic heterocycles. The molecule has 2 rings (SSSR count). The van der Waals surface area contributed by atoms with E-state index in [2.05, 4.69) is 11.9 Å². The van der Waals surface area contributed by atoms with Crippen molar-refractivity contribution in [3.63, 3.8) is 0 Å². The second-order valence-corrected chi connectivity index (χ2v) is 5.12. The summed E-state index contributed by atoms with van der Waals surface area (Å²) in [6.07, 6.45) is 5.24. The molecule has 0 atom stereocenters. The van der Waals surface area contributed by atoms with E-state index in [9.17, 15) is 9.18 Å². The molecular weight excluding hydrogens is 283 g/mol. The van der Waals surface area contributed by atoms with Crippen molar-refractivity contribution in [2.45, 2.75) is 13.8 Å². The van der Waals surface area contributed by atoms with Crippen LogP contribution in [-0.2, 0) is 0 Å². The molecule has 1 aromatic carbocycles. The number of hydrogen-bond donors (Lipinski definition) is 1. The lowest BCUT2D eigenvalue weighted by molar-refractivity contribution is 0.0624. The van der Waals surface area contributed by atoms with Gasteiger partial charge in [0, 0.05) is 18.8 Å². The van der Waals surface area contributed by atoms with Gasteiger partial charge in [-0.3, -0.25) is 9.69 Å². The molecule has 0 aromatic heterocycles. The van der Waals surface area contributed by atoms with Crippen LogP contribution in [0.4, 0.5) is 10.1 Å². The quantitative estimate of drug-likeness (QED) is 0.862. The monoisotopic (exact) mass is 302 g/mol. The molecule has 0 saturated heterocycles. The number of rotatable bonds is 4. The van der Waals surface area contributed by atoms with Gasteiger partial charge >= 0.3 is 0 Å². The molecule has 1 heterocycles.